The molecular formula is C16H27FO2. The highest BCUT2D eigenvalue weighted by molar-refractivity contribution is 5.10. The largest absolute Gasteiger partial charge is 0.366 e. The first kappa shape index (κ1) is 15.0. The van der Waals surface area contributed by atoms with Gasteiger partial charge in [-0.3, -0.25) is 0 Å². The number of ether oxygens (including phenoxy) is 1. The van der Waals surface area contributed by atoms with Gasteiger partial charge < -0.3 is 4.74 Å². The van der Waals surface area contributed by atoms with E-state index in [0.29, 0.717) is 17.9 Å². The topological polar surface area (TPSA) is 21.8 Å². The fourth-order valence-electron chi connectivity index (χ4n) is 3.72. The molecule has 1 saturated heterocycles. The molecule has 0 amide bonds. The maximum atomic E-state index is 12.6. The minimum atomic E-state index is -0.310. The van der Waals surface area contributed by atoms with E-state index >= 15 is 0 Å². The van der Waals surface area contributed by atoms with Crippen molar-refractivity contribution in [3.05, 3.63) is 11.6 Å². The van der Waals surface area contributed by atoms with E-state index in [4.69, 9.17) is 4.74 Å². The zero-order chi connectivity index (χ0) is 14.0. The summed E-state index contributed by atoms with van der Waals surface area (Å²) in [6, 6.07) is 0. The van der Waals surface area contributed by atoms with E-state index in [1.807, 2.05) is 6.92 Å². The Morgan fingerprint density at radius 1 is 1.42 bits per heavy atom. The van der Waals surface area contributed by atoms with E-state index in [1.54, 1.807) is 0 Å². The van der Waals surface area contributed by atoms with E-state index in [1.165, 1.54) is 18.4 Å². The number of hydrogen-bond acceptors (Lipinski definition) is 2. The highest BCUT2D eigenvalue weighted by Crippen LogP contribution is 2.53. The minimum Gasteiger partial charge on any atom is -0.366 e. The summed E-state index contributed by atoms with van der Waals surface area (Å²) in [5.41, 5.74) is 1.27. The van der Waals surface area contributed by atoms with Crippen molar-refractivity contribution in [2.45, 2.75) is 77.6 Å². The lowest BCUT2D eigenvalue weighted by molar-refractivity contribution is -0.201. The van der Waals surface area contributed by atoms with Crippen LogP contribution in [0.25, 0.3) is 0 Å². The normalized spacial score (nSPS) is 39.7. The second-order valence-corrected chi connectivity index (χ2v) is 6.66. The van der Waals surface area contributed by atoms with Crippen molar-refractivity contribution < 1.29 is 14.2 Å². The number of halogens is 1. The highest BCUT2D eigenvalue weighted by Gasteiger charge is 2.59. The molecule has 2 fully saturated rings. The second kappa shape index (κ2) is 5.92. The molecule has 2 rings (SSSR count). The van der Waals surface area contributed by atoms with Gasteiger partial charge in [0.05, 0.1) is 17.8 Å². The fourth-order valence-corrected chi connectivity index (χ4v) is 3.72. The molecule has 1 heterocycles. The summed E-state index contributed by atoms with van der Waals surface area (Å²) in [5.74, 6) is 0.725. The average Bonchev–Trinajstić information content (AvgIpc) is 3.08. The standard InChI is InChI=1S/C16H27FO2/c1-11(2)9-10-15-16(4,18-15)14-8-6-5-7-13(14)12(3)19-17/h9,12-15H,5-8,10H2,1-4H3/t12-,13?,14?,15?,16?/m0/s1. The lowest BCUT2D eigenvalue weighted by Gasteiger charge is -2.36. The van der Waals surface area contributed by atoms with Crippen LogP contribution in [0.3, 0.4) is 0 Å². The molecule has 0 aromatic heterocycles. The van der Waals surface area contributed by atoms with Gasteiger partial charge in [0.25, 0.3) is 0 Å². The number of hydrogen-bond donors (Lipinski definition) is 0. The van der Waals surface area contributed by atoms with Gasteiger partial charge in [-0.2, -0.15) is 4.94 Å². The van der Waals surface area contributed by atoms with Crippen molar-refractivity contribution in [2.24, 2.45) is 11.8 Å². The average molecular weight is 270 g/mol. The smallest absolute Gasteiger partial charge is 0.0987 e. The lowest BCUT2D eigenvalue weighted by atomic mass is 9.69. The molecule has 2 nitrogen and oxygen atoms in total. The molecule has 3 heteroatoms. The van der Waals surface area contributed by atoms with E-state index in [2.05, 4.69) is 31.8 Å². The summed E-state index contributed by atoms with van der Waals surface area (Å²) in [6.45, 7) is 8.27. The molecule has 0 N–H and O–H groups in total. The van der Waals surface area contributed by atoms with E-state index in [9.17, 15) is 4.53 Å². The number of epoxide rings is 1. The van der Waals surface area contributed by atoms with Crippen molar-refractivity contribution >= 4 is 0 Å². The predicted octanol–water partition coefficient (Wildman–Crippen LogP) is 4.60. The van der Waals surface area contributed by atoms with Crippen molar-refractivity contribution in [1.82, 2.24) is 0 Å². The summed E-state index contributed by atoms with van der Waals surface area (Å²) in [7, 11) is 0. The van der Waals surface area contributed by atoms with E-state index in [-0.39, 0.29) is 11.7 Å². The third kappa shape index (κ3) is 3.19. The molecule has 0 aromatic rings. The highest BCUT2D eigenvalue weighted by atomic mass is 19.3. The number of rotatable bonds is 5. The molecule has 19 heavy (non-hydrogen) atoms. The van der Waals surface area contributed by atoms with Crippen LogP contribution in [0, 0.1) is 11.8 Å². The zero-order valence-corrected chi connectivity index (χ0v) is 12.6. The van der Waals surface area contributed by atoms with Crippen LogP contribution in [-0.2, 0) is 9.68 Å². The van der Waals surface area contributed by atoms with Gasteiger partial charge in [0.2, 0.25) is 0 Å². The molecule has 1 aliphatic carbocycles. The van der Waals surface area contributed by atoms with Gasteiger partial charge in [0.1, 0.15) is 0 Å². The van der Waals surface area contributed by atoms with Crippen LogP contribution in [0.4, 0.5) is 4.53 Å². The first-order chi connectivity index (χ1) is 8.99. The number of allylic oxidation sites excluding steroid dienone is 1. The van der Waals surface area contributed by atoms with Crippen molar-refractivity contribution in [3.63, 3.8) is 0 Å². The van der Waals surface area contributed by atoms with Gasteiger partial charge >= 0.3 is 0 Å². The van der Waals surface area contributed by atoms with Crippen molar-refractivity contribution in [2.75, 3.05) is 0 Å². The van der Waals surface area contributed by atoms with Crippen LogP contribution in [0.5, 0.6) is 0 Å². The molecule has 1 aliphatic heterocycles. The van der Waals surface area contributed by atoms with E-state index in [0.717, 1.165) is 19.3 Å². The van der Waals surface area contributed by atoms with Crippen molar-refractivity contribution in [3.8, 4) is 0 Å². The van der Waals surface area contributed by atoms with Crippen LogP contribution in [0.1, 0.15) is 59.8 Å². The Bertz CT molecular complexity index is 338. The van der Waals surface area contributed by atoms with Crippen LogP contribution in [0.2, 0.25) is 0 Å². The summed E-state index contributed by atoms with van der Waals surface area (Å²) in [4.78, 5) is 4.11. The molecule has 5 atom stereocenters. The van der Waals surface area contributed by atoms with Gasteiger partial charge in [0, 0.05) is 0 Å². The van der Waals surface area contributed by atoms with Gasteiger partial charge in [-0.05, 0) is 63.3 Å². The van der Waals surface area contributed by atoms with Crippen molar-refractivity contribution in [1.29, 1.82) is 0 Å². The Kier molecular flexibility index (Phi) is 4.67. The quantitative estimate of drug-likeness (QED) is 0.538. The molecule has 2 aliphatic rings. The zero-order valence-electron chi connectivity index (χ0n) is 12.6. The van der Waals surface area contributed by atoms with Gasteiger partial charge in [-0.1, -0.05) is 24.5 Å². The molecule has 110 valence electrons. The maximum absolute atomic E-state index is 12.6. The first-order valence-electron chi connectivity index (χ1n) is 7.57. The second-order valence-electron chi connectivity index (χ2n) is 6.66. The lowest BCUT2D eigenvalue weighted by Crippen LogP contribution is -2.38. The summed E-state index contributed by atoms with van der Waals surface area (Å²) in [6.07, 6.45) is 7.83. The summed E-state index contributed by atoms with van der Waals surface area (Å²) in [5, 5.41) is 0. The monoisotopic (exact) mass is 270 g/mol. The van der Waals surface area contributed by atoms with Crippen LogP contribution in [-0.4, -0.2) is 17.8 Å². The SMILES string of the molecule is CC(C)=CCC1OC1(C)C1CCCCC1[C@H](C)OF. The van der Waals surface area contributed by atoms with Crippen LogP contribution < -0.4 is 0 Å². The summed E-state index contributed by atoms with van der Waals surface area (Å²) < 4.78 is 18.6. The Morgan fingerprint density at radius 3 is 2.74 bits per heavy atom. The molecule has 0 aromatic carbocycles. The van der Waals surface area contributed by atoms with Crippen LogP contribution >= 0.6 is 0 Å². The van der Waals surface area contributed by atoms with E-state index < -0.39 is 0 Å². The predicted molar refractivity (Wildman–Crippen MR) is 74.4 cm³/mol. The molecule has 4 unspecified atom stereocenters. The Labute approximate surface area is 116 Å². The molecule has 0 bridgehead atoms. The maximum Gasteiger partial charge on any atom is 0.0987 e. The minimum absolute atomic E-state index is 0.0656. The van der Waals surface area contributed by atoms with Gasteiger partial charge in [0.15, 0.2) is 0 Å². The molecule has 1 saturated carbocycles. The molecule has 0 radical (unpaired) electrons. The van der Waals surface area contributed by atoms with Gasteiger partial charge in [-0.25, -0.2) is 0 Å². The molecule has 0 spiro atoms. The van der Waals surface area contributed by atoms with Gasteiger partial charge in [-0.15, -0.1) is 0 Å². The summed E-state index contributed by atoms with van der Waals surface area (Å²) >= 11 is 0. The van der Waals surface area contributed by atoms with Crippen LogP contribution in [0.15, 0.2) is 11.6 Å². The fraction of sp³-hybridized carbons (Fsp3) is 0.875. The first-order valence-corrected chi connectivity index (χ1v) is 7.57. The Hall–Kier alpha value is -0.410. The Morgan fingerprint density at radius 2 is 2.11 bits per heavy atom. The molecular weight excluding hydrogens is 243 g/mol. The third-order valence-corrected chi connectivity index (χ3v) is 5.02. The Balaban J connectivity index is 2.01. The third-order valence-electron chi connectivity index (χ3n) is 5.02.